The van der Waals surface area contributed by atoms with Crippen molar-refractivity contribution in [3.05, 3.63) is 29.8 Å². The van der Waals surface area contributed by atoms with E-state index in [0.717, 1.165) is 38.4 Å². The first-order valence-electron chi connectivity index (χ1n) is 7.71. The van der Waals surface area contributed by atoms with Crippen molar-refractivity contribution in [1.29, 1.82) is 0 Å². The summed E-state index contributed by atoms with van der Waals surface area (Å²) < 4.78 is 5.88. The fourth-order valence-electron chi connectivity index (χ4n) is 2.71. The summed E-state index contributed by atoms with van der Waals surface area (Å²) in [5.74, 6) is 0.978. The van der Waals surface area contributed by atoms with Crippen molar-refractivity contribution in [2.24, 2.45) is 0 Å². The third kappa shape index (κ3) is 3.97. The number of nitrogens with one attached hydrogen (secondary N) is 1. The third-order valence-corrected chi connectivity index (χ3v) is 4.42. The van der Waals surface area contributed by atoms with Crippen LogP contribution in [0.3, 0.4) is 0 Å². The highest BCUT2D eigenvalue weighted by Gasteiger charge is 2.32. The molecular formula is C17H28N2O. The second-order valence-electron chi connectivity index (χ2n) is 6.28. The highest BCUT2D eigenvalue weighted by molar-refractivity contribution is 5.27. The molecule has 1 aromatic rings. The third-order valence-electron chi connectivity index (χ3n) is 4.42. The van der Waals surface area contributed by atoms with Crippen LogP contribution in [0.1, 0.15) is 32.8 Å². The Hall–Kier alpha value is -1.06. The topological polar surface area (TPSA) is 24.5 Å². The van der Waals surface area contributed by atoms with Crippen LogP contribution in [0.4, 0.5) is 0 Å². The molecule has 0 radical (unpaired) electrons. The molecular weight excluding hydrogens is 248 g/mol. The number of benzene rings is 1. The van der Waals surface area contributed by atoms with Crippen LogP contribution in [0, 0.1) is 6.92 Å². The lowest BCUT2D eigenvalue weighted by Crippen LogP contribution is -2.62. The lowest BCUT2D eigenvalue weighted by molar-refractivity contribution is 0.0791. The van der Waals surface area contributed by atoms with Gasteiger partial charge in [-0.2, -0.15) is 0 Å². The van der Waals surface area contributed by atoms with Crippen molar-refractivity contribution in [1.82, 2.24) is 10.2 Å². The van der Waals surface area contributed by atoms with E-state index in [9.17, 15) is 0 Å². The molecule has 0 spiro atoms. The van der Waals surface area contributed by atoms with Crippen molar-refractivity contribution in [2.75, 3.05) is 26.2 Å². The van der Waals surface area contributed by atoms with E-state index in [1.807, 2.05) is 12.1 Å². The molecule has 0 aromatic heterocycles. The highest BCUT2D eigenvalue weighted by Crippen LogP contribution is 2.19. The minimum Gasteiger partial charge on any atom is -0.492 e. The predicted molar refractivity (Wildman–Crippen MR) is 84.4 cm³/mol. The van der Waals surface area contributed by atoms with Gasteiger partial charge in [0.1, 0.15) is 12.4 Å². The molecule has 0 amide bonds. The average molecular weight is 276 g/mol. The van der Waals surface area contributed by atoms with Gasteiger partial charge in [0.25, 0.3) is 0 Å². The number of aryl methyl sites for hydroxylation is 1. The first kappa shape index (κ1) is 15.3. The Bertz CT molecular complexity index is 435. The number of ether oxygens (including phenoxy) is 1. The second-order valence-corrected chi connectivity index (χ2v) is 6.28. The summed E-state index contributed by atoms with van der Waals surface area (Å²) in [6.07, 6.45) is 1.16. The molecule has 2 rings (SSSR count). The molecule has 3 heteroatoms. The maximum atomic E-state index is 5.88. The van der Waals surface area contributed by atoms with Crippen molar-refractivity contribution in [2.45, 2.75) is 45.7 Å². The van der Waals surface area contributed by atoms with E-state index in [2.05, 4.69) is 50.0 Å². The first-order valence-corrected chi connectivity index (χ1v) is 7.71. The largest absolute Gasteiger partial charge is 0.492 e. The zero-order valence-electron chi connectivity index (χ0n) is 13.3. The van der Waals surface area contributed by atoms with E-state index in [0.29, 0.717) is 6.04 Å². The van der Waals surface area contributed by atoms with Gasteiger partial charge in [0.2, 0.25) is 0 Å². The molecule has 1 aliphatic heterocycles. The molecule has 1 fully saturated rings. The molecule has 0 bridgehead atoms. The maximum absolute atomic E-state index is 5.88. The first-order chi connectivity index (χ1) is 9.52. The van der Waals surface area contributed by atoms with E-state index in [-0.39, 0.29) is 5.54 Å². The van der Waals surface area contributed by atoms with E-state index >= 15 is 0 Å². The van der Waals surface area contributed by atoms with Crippen molar-refractivity contribution in [3.63, 3.8) is 0 Å². The van der Waals surface area contributed by atoms with Crippen LogP contribution in [0.15, 0.2) is 24.3 Å². The van der Waals surface area contributed by atoms with Crippen LogP contribution in [0.5, 0.6) is 5.75 Å². The highest BCUT2D eigenvalue weighted by atomic mass is 16.5. The summed E-state index contributed by atoms with van der Waals surface area (Å²) in [4.78, 5) is 2.54. The van der Waals surface area contributed by atoms with Gasteiger partial charge in [-0.15, -0.1) is 0 Å². The maximum Gasteiger partial charge on any atom is 0.119 e. The smallest absolute Gasteiger partial charge is 0.119 e. The zero-order valence-corrected chi connectivity index (χ0v) is 13.3. The van der Waals surface area contributed by atoms with Gasteiger partial charge in [0.15, 0.2) is 0 Å². The molecule has 0 aliphatic carbocycles. The Labute approximate surface area is 123 Å². The Morgan fingerprint density at radius 2 is 2.25 bits per heavy atom. The normalized spacial score (nSPS) is 27.5. The fourth-order valence-corrected chi connectivity index (χ4v) is 2.71. The summed E-state index contributed by atoms with van der Waals surface area (Å²) in [5, 5.41) is 3.66. The molecule has 3 nitrogen and oxygen atoms in total. The zero-order chi connectivity index (χ0) is 14.6. The number of hydrogen-bond acceptors (Lipinski definition) is 3. The van der Waals surface area contributed by atoms with Crippen molar-refractivity contribution in [3.8, 4) is 5.75 Å². The number of nitrogens with zero attached hydrogens (tertiary/aromatic N) is 1. The van der Waals surface area contributed by atoms with Gasteiger partial charge in [0, 0.05) is 31.2 Å². The van der Waals surface area contributed by atoms with Crippen molar-refractivity contribution >= 4 is 0 Å². The van der Waals surface area contributed by atoms with E-state index in [1.54, 1.807) is 0 Å². The Morgan fingerprint density at radius 1 is 1.45 bits per heavy atom. The van der Waals surface area contributed by atoms with Gasteiger partial charge in [-0.3, -0.25) is 4.90 Å². The van der Waals surface area contributed by atoms with Crippen LogP contribution >= 0.6 is 0 Å². The summed E-state index contributed by atoms with van der Waals surface area (Å²) in [5.41, 5.74) is 1.49. The summed E-state index contributed by atoms with van der Waals surface area (Å²) in [6, 6.07) is 8.85. The van der Waals surface area contributed by atoms with Gasteiger partial charge >= 0.3 is 0 Å². The average Bonchev–Trinajstić information content (AvgIpc) is 2.43. The molecule has 1 aliphatic rings. The predicted octanol–water partition coefficient (Wildman–Crippen LogP) is 2.84. The SMILES string of the molecule is CCC1(C)CN(CCOc2cccc(C)c2)C(C)CN1. The van der Waals surface area contributed by atoms with Gasteiger partial charge < -0.3 is 10.1 Å². The second kappa shape index (κ2) is 6.59. The standard InChI is InChI=1S/C17H28N2O/c1-5-17(4)13-19(15(3)12-18-17)9-10-20-16-8-6-7-14(2)11-16/h6-8,11,15,18H,5,9-10,12-13H2,1-4H3. The van der Waals surface area contributed by atoms with Crippen LogP contribution in [0.2, 0.25) is 0 Å². The lowest BCUT2D eigenvalue weighted by atomic mass is 9.94. The van der Waals surface area contributed by atoms with Crippen molar-refractivity contribution < 1.29 is 4.74 Å². The quantitative estimate of drug-likeness (QED) is 0.895. The molecule has 2 atom stereocenters. The van der Waals surface area contributed by atoms with Gasteiger partial charge in [-0.05, 0) is 44.9 Å². The number of piperazine rings is 1. The van der Waals surface area contributed by atoms with Gasteiger partial charge in [-0.1, -0.05) is 19.1 Å². The number of hydrogen-bond donors (Lipinski definition) is 1. The fraction of sp³-hybridized carbons (Fsp3) is 0.647. The minimum atomic E-state index is 0.246. The molecule has 20 heavy (non-hydrogen) atoms. The molecule has 1 aromatic carbocycles. The molecule has 1 N–H and O–H groups in total. The Balaban J connectivity index is 1.83. The van der Waals surface area contributed by atoms with Crippen LogP contribution in [-0.4, -0.2) is 42.7 Å². The number of rotatable bonds is 5. The minimum absolute atomic E-state index is 0.246. The molecule has 0 saturated carbocycles. The molecule has 2 unspecified atom stereocenters. The van der Waals surface area contributed by atoms with E-state index in [1.165, 1.54) is 5.56 Å². The molecule has 112 valence electrons. The van der Waals surface area contributed by atoms with Gasteiger partial charge in [0.05, 0.1) is 0 Å². The monoisotopic (exact) mass is 276 g/mol. The Morgan fingerprint density at radius 3 is 2.95 bits per heavy atom. The van der Waals surface area contributed by atoms with E-state index < -0.39 is 0 Å². The summed E-state index contributed by atoms with van der Waals surface area (Å²) >= 11 is 0. The molecule has 1 heterocycles. The molecule has 1 saturated heterocycles. The lowest BCUT2D eigenvalue weighted by Gasteiger charge is -2.44. The van der Waals surface area contributed by atoms with Crippen LogP contribution in [-0.2, 0) is 0 Å². The Kier molecular flexibility index (Phi) is 5.06. The van der Waals surface area contributed by atoms with Crippen LogP contribution < -0.4 is 10.1 Å². The summed E-state index contributed by atoms with van der Waals surface area (Å²) in [6.45, 7) is 12.9. The van der Waals surface area contributed by atoms with Gasteiger partial charge in [-0.25, -0.2) is 0 Å². The van der Waals surface area contributed by atoms with E-state index in [4.69, 9.17) is 4.74 Å². The summed E-state index contributed by atoms with van der Waals surface area (Å²) in [7, 11) is 0. The van der Waals surface area contributed by atoms with Crippen LogP contribution in [0.25, 0.3) is 0 Å².